The van der Waals surface area contributed by atoms with Crippen molar-refractivity contribution in [3.05, 3.63) is 53.5 Å². The maximum absolute atomic E-state index is 11.5. The quantitative estimate of drug-likeness (QED) is 0.466. The average molecular weight is 466 g/mol. The number of aromatic nitrogens is 4. The van der Waals surface area contributed by atoms with Gasteiger partial charge in [-0.15, -0.1) is 0 Å². The molecule has 174 valence electrons. The van der Waals surface area contributed by atoms with Crippen molar-refractivity contribution in [2.75, 3.05) is 31.6 Å². The molecule has 1 saturated heterocycles. The Morgan fingerprint density at radius 1 is 1.18 bits per heavy atom. The van der Waals surface area contributed by atoms with Crippen LogP contribution in [0.2, 0.25) is 0 Å². The number of fused-ring (bicyclic) bond motifs is 2. The first-order valence-corrected chi connectivity index (χ1v) is 13.7. The largest absolute Gasteiger partial charge is 0.354 e. The minimum absolute atomic E-state index is 0.246. The van der Waals surface area contributed by atoms with E-state index in [1.165, 1.54) is 22.8 Å². The van der Waals surface area contributed by atoms with E-state index < -0.39 is 9.84 Å². The molecule has 1 aliphatic heterocycles. The Balaban J connectivity index is 1.42. The first-order chi connectivity index (χ1) is 15.8. The lowest BCUT2D eigenvalue weighted by Gasteiger charge is -2.32. The van der Waals surface area contributed by atoms with Crippen molar-refractivity contribution in [3.8, 4) is 11.3 Å². The molecule has 0 spiro atoms. The number of nitrogens with one attached hydrogen (secondary N) is 1. The second-order valence-corrected chi connectivity index (χ2v) is 11.6. The molecule has 33 heavy (non-hydrogen) atoms. The van der Waals surface area contributed by atoms with Gasteiger partial charge in [0.15, 0.2) is 5.65 Å². The molecule has 0 aliphatic carbocycles. The third-order valence-corrected chi connectivity index (χ3v) is 7.89. The predicted octanol–water partition coefficient (Wildman–Crippen LogP) is 3.97. The highest BCUT2D eigenvalue weighted by atomic mass is 32.2. The van der Waals surface area contributed by atoms with Gasteiger partial charge in [-0.05, 0) is 80.1 Å². The standard InChI is InChI=1S/C25H31N5O2S/c1-4-21-22-14-19(18-7-9-29(10-8-18)11-12-33(3,31)32)5-6-23(22)28-24(21)20-13-17(2)25-26-16-27-30(25)15-20/h5-6,13-16,18,28H,4,7-12H2,1-3H3. The molecular formula is C25H31N5O2S. The average Bonchev–Trinajstić information content (AvgIpc) is 3.41. The zero-order chi connectivity index (χ0) is 23.2. The molecule has 0 amide bonds. The topological polar surface area (TPSA) is 83.4 Å². The van der Waals surface area contributed by atoms with Gasteiger partial charge in [-0.3, -0.25) is 0 Å². The van der Waals surface area contributed by atoms with Gasteiger partial charge in [0.2, 0.25) is 0 Å². The third-order valence-electron chi connectivity index (χ3n) is 6.97. The van der Waals surface area contributed by atoms with E-state index in [0.29, 0.717) is 12.5 Å². The van der Waals surface area contributed by atoms with Gasteiger partial charge in [-0.2, -0.15) is 5.10 Å². The molecule has 4 aromatic rings. The Hall–Kier alpha value is -2.71. The minimum Gasteiger partial charge on any atom is -0.354 e. The Bertz CT molecular complexity index is 1410. The van der Waals surface area contributed by atoms with Gasteiger partial charge < -0.3 is 9.88 Å². The fourth-order valence-electron chi connectivity index (χ4n) is 5.15. The normalized spacial score (nSPS) is 16.2. The molecule has 0 atom stereocenters. The van der Waals surface area contributed by atoms with E-state index in [1.54, 1.807) is 6.33 Å². The summed E-state index contributed by atoms with van der Waals surface area (Å²) in [6.07, 6.45) is 8.03. The molecule has 4 heterocycles. The van der Waals surface area contributed by atoms with Crippen LogP contribution in [0.25, 0.3) is 27.8 Å². The van der Waals surface area contributed by atoms with Crippen molar-refractivity contribution in [3.63, 3.8) is 0 Å². The molecule has 1 aromatic carbocycles. The molecule has 1 N–H and O–H groups in total. The number of aromatic amines is 1. The number of pyridine rings is 1. The van der Waals surface area contributed by atoms with Gasteiger partial charge in [0.1, 0.15) is 16.2 Å². The third kappa shape index (κ3) is 4.42. The van der Waals surface area contributed by atoms with Gasteiger partial charge in [0.25, 0.3) is 0 Å². The number of benzene rings is 1. The van der Waals surface area contributed by atoms with Crippen LogP contribution in [0.4, 0.5) is 0 Å². The monoisotopic (exact) mass is 465 g/mol. The van der Waals surface area contributed by atoms with Crippen molar-refractivity contribution in [2.45, 2.75) is 39.0 Å². The highest BCUT2D eigenvalue weighted by Crippen LogP contribution is 2.35. The van der Waals surface area contributed by atoms with E-state index in [-0.39, 0.29) is 5.75 Å². The van der Waals surface area contributed by atoms with Gasteiger partial charge in [0.05, 0.1) is 11.4 Å². The lowest BCUT2D eigenvalue weighted by molar-refractivity contribution is 0.223. The summed E-state index contributed by atoms with van der Waals surface area (Å²) in [4.78, 5) is 10.3. The van der Waals surface area contributed by atoms with Gasteiger partial charge >= 0.3 is 0 Å². The molecular weight excluding hydrogens is 434 g/mol. The molecule has 8 heteroatoms. The summed E-state index contributed by atoms with van der Waals surface area (Å²) in [5.74, 6) is 0.760. The number of aryl methyl sites for hydroxylation is 2. The lowest BCUT2D eigenvalue weighted by Crippen LogP contribution is -2.36. The number of likely N-dealkylation sites (tertiary alicyclic amines) is 1. The molecule has 7 nitrogen and oxygen atoms in total. The number of hydrogen-bond donors (Lipinski definition) is 1. The smallest absolute Gasteiger partial charge is 0.158 e. The van der Waals surface area contributed by atoms with E-state index in [1.807, 2.05) is 10.7 Å². The molecule has 0 saturated carbocycles. The van der Waals surface area contributed by atoms with Crippen LogP contribution < -0.4 is 0 Å². The summed E-state index contributed by atoms with van der Waals surface area (Å²) in [5.41, 5.74) is 8.14. The first kappa shape index (κ1) is 22.1. The van der Waals surface area contributed by atoms with Crippen LogP contribution in [0.15, 0.2) is 36.8 Å². The van der Waals surface area contributed by atoms with Crippen molar-refractivity contribution < 1.29 is 8.42 Å². The number of hydrogen-bond acceptors (Lipinski definition) is 5. The number of sulfone groups is 1. The van der Waals surface area contributed by atoms with Crippen LogP contribution in [0.1, 0.15) is 42.4 Å². The number of rotatable bonds is 6. The maximum Gasteiger partial charge on any atom is 0.158 e. The Morgan fingerprint density at radius 3 is 2.70 bits per heavy atom. The van der Waals surface area contributed by atoms with Crippen molar-refractivity contribution in [2.24, 2.45) is 0 Å². The summed E-state index contributed by atoms with van der Waals surface area (Å²) < 4.78 is 24.8. The molecule has 0 unspecified atom stereocenters. The fourth-order valence-corrected chi connectivity index (χ4v) is 5.74. The van der Waals surface area contributed by atoms with Crippen LogP contribution in [-0.4, -0.2) is 64.5 Å². The number of nitrogens with zero attached hydrogens (tertiary/aromatic N) is 4. The van der Waals surface area contributed by atoms with Crippen LogP contribution in [0.5, 0.6) is 0 Å². The SMILES string of the molecule is CCc1c(-c2cc(C)c3ncnn3c2)[nH]c2ccc(C3CCN(CCS(C)(=O)=O)CC3)cc12. The molecule has 5 rings (SSSR count). The van der Waals surface area contributed by atoms with Crippen molar-refractivity contribution in [1.82, 2.24) is 24.5 Å². The Morgan fingerprint density at radius 2 is 1.97 bits per heavy atom. The number of H-pyrrole nitrogens is 1. The van der Waals surface area contributed by atoms with Crippen LogP contribution in [0, 0.1) is 6.92 Å². The summed E-state index contributed by atoms with van der Waals surface area (Å²) in [7, 11) is -2.91. The van der Waals surface area contributed by atoms with E-state index in [4.69, 9.17) is 0 Å². The fraction of sp³-hybridized carbons (Fsp3) is 0.440. The first-order valence-electron chi connectivity index (χ1n) is 11.7. The second-order valence-electron chi connectivity index (χ2n) is 9.32. The van der Waals surface area contributed by atoms with E-state index in [0.717, 1.165) is 60.3 Å². The van der Waals surface area contributed by atoms with Gasteiger partial charge in [-0.25, -0.2) is 17.9 Å². The summed E-state index contributed by atoms with van der Waals surface area (Å²) in [6, 6.07) is 9.02. The highest BCUT2D eigenvalue weighted by molar-refractivity contribution is 7.90. The van der Waals surface area contributed by atoms with E-state index in [9.17, 15) is 8.42 Å². The van der Waals surface area contributed by atoms with Crippen LogP contribution in [-0.2, 0) is 16.3 Å². The molecule has 0 bridgehead atoms. The van der Waals surface area contributed by atoms with Crippen molar-refractivity contribution >= 4 is 26.4 Å². The van der Waals surface area contributed by atoms with E-state index in [2.05, 4.69) is 58.1 Å². The van der Waals surface area contributed by atoms with E-state index >= 15 is 0 Å². The zero-order valence-corrected chi connectivity index (χ0v) is 20.3. The maximum atomic E-state index is 11.5. The predicted molar refractivity (Wildman–Crippen MR) is 133 cm³/mol. The molecule has 0 radical (unpaired) electrons. The van der Waals surface area contributed by atoms with Crippen molar-refractivity contribution in [1.29, 1.82) is 0 Å². The summed E-state index contributed by atoms with van der Waals surface area (Å²) in [5, 5.41) is 5.63. The Kier molecular flexibility index (Phi) is 5.74. The summed E-state index contributed by atoms with van der Waals surface area (Å²) >= 11 is 0. The molecule has 3 aromatic heterocycles. The Labute approximate surface area is 194 Å². The second kappa shape index (κ2) is 8.57. The van der Waals surface area contributed by atoms with Gasteiger partial charge in [0, 0.05) is 35.5 Å². The van der Waals surface area contributed by atoms with Gasteiger partial charge in [-0.1, -0.05) is 13.0 Å². The summed E-state index contributed by atoms with van der Waals surface area (Å²) in [6.45, 7) is 6.83. The highest BCUT2D eigenvalue weighted by Gasteiger charge is 2.22. The molecule has 1 aliphatic rings. The molecule has 1 fully saturated rings. The van der Waals surface area contributed by atoms with Crippen LogP contribution in [0.3, 0.4) is 0 Å². The number of piperidine rings is 1. The van der Waals surface area contributed by atoms with Crippen LogP contribution >= 0.6 is 0 Å². The lowest BCUT2D eigenvalue weighted by atomic mass is 9.88. The zero-order valence-electron chi connectivity index (χ0n) is 19.5. The minimum atomic E-state index is -2.91.